The van der Waals surface area contributed by atoms with E-state index in [0.29, 0.717) is 42.2 Å². The van der Waals surface area contributed by atoms with E-state index in [2.05, 4.69) is 6.58 Å². The van der Waals surface area contributed by atoms with Gasteiger partial charge in [-0.1, -0.05) is 31.2 Å². The predicted molar refractivity (Wildman–Crippen MR) is 136 cm³/mol. The monoisotopic (exact) mass is 490 g/mol. The number of aliphatic hydroxyl groups is 1. The van der Waals surface area contributed by atoms with E-state index < -0.39 is 28.9 Å². The van der Waals surface area contributed by atoms with Crippen molar-refractivity contribution < 1.29 is 29.0 Å². The Balaban J connectivity index is 1.94. The Labute approximate surface area is 210 Å². The van der Waals surface area contributed by atoms with Gasteiger partial charge in [0.25, 0.3) is 17.6 Å². The Morgan fingerprint density at radius 3 is 2.47 bits per heavy atom. The van der Waals surface area contributed by atoms with Crippen LogP contribution in [0.2, 0.25) is 0 Å². The third kappa shape index (κ3) is 3.87. The average molecular weight is 491 g/mol. The summed E-state index contributed by atoms with van der Waals surface area (Å²) in [6.07, 6.45) is 2.84. The Bertz CT molecular complexity index is 1220. The number of carbonyl (C=O) groups excluding carboxylic acids is 3. The summed E-state index contributed by atoms with van der Waals surface area (Å²) in [6.45, 7) is 6.92. The van der Waals surface area contributed by atoms with Crippen LogP contribution in [-0.4, -0.2) is 61.0 Å². The predicted octanol–water partition coefficient (Wildman–Crippen LogP) is 3.62. The largest absolute Gasteiger partial charge is 0.507 e. The van der Waals surface area contributed by atoms with Crippen molar-refractivity contribution in [2.75, 3.05) is 38.3 Å². The van der Waals surface area contributed by atoms with Gasteiger partial charge in [-0.05, 0) is 43.2 Å². The van der Waals surface area contributed by atoms with Gasteiger partial charge in [-0.15, -0.1) is 6.58 Å². The maximum atomic E-state index is 14.2. The van der Waals surface area contributed by atoms with E-state index >= 15 is 0 Å². The number of likely N-dealkylation sites (tertiary alicyclic amines) is 1. The van der Waals surface area contributed by atoms with Crippen molar-refractivity contribution in [3.63, 3.8) is 0 Å². The molecule has 1 fully saturated rings. The fourth-order valence-corrected chi connectivity index (χ4v) is 4.92. The number of amides is 2. The summed E-state index contributed by atoms with van der Waals surface area (Å²) in [5.74, 6) is -2.01. The first-order chi connectivity index (χ1) is 17.4. The van der Waals surface area contributed by atoms with Crippen LogP contribution in [-0.2, 0) is 24.7 Å². The maximum absolute atomic E-state index is 14.2. The lowest BCUT2D eigenvalue weighted by molar-refractivity contribution is -0.143. The van der Waals surface area contributed by atoms with Gasteiger partial charge in [0.05, 0.1) is 17.9 Å². The first kappa shape index (κ1) is 25.2. The molecule has 1 atom stereocenters. The molecule has 2 aliphatic heterocycles. The highest BCUT2D eigenvalue weighted by Crippen LogP contribution is 2.53. The molecule has 36 heavy (non-hydrogen) atoms. The Kier molecular flexibility index (Phi) is 7.26. The van der Waals surface area contributed by atoms with Crippen molar-refractivity contribution in [1.29, 1.82) is 0 Å². The first-order valence-electron chi connectivity index (χ1n) is 12.0. The highest BCUT2D eigenvalue weighted by Gasteiger charge is 2.66. The second-order valence-corrected chi connectivity index (χ2v) is 8.66. The Hall–Kier alpha value is -3.91. The number of hydrogen-bond acceptors (Lipinski definition) is 6. The number of methoxy groups -OCH3 is 1. The maximum Gasteiger partial charge on any atom is 0.296 e. The molecule has 1 spiro atoms. The van der Waals surface area contributed by atoms with Gasteiger partial charge in [0, 0.05) is 37.9 Å². The second kappa shape index (κ2) is 10.4. The molecule has 2 aliphatic rings. The van der Waals surface area contributed by atoms with Crippen LogP contribution in [0.3, 0.4) is 0 Å². The van der Waals surface area contributed by atoms with Crippen LogP contribution in [0.5, 0.6) is 5.75 Å². The highest BCUT2D eigenvalue weighted by atomic mass is 16.5. The molecule has 8 nitrogen and oxygen atoms in total. The van der Waals surface area contributed by atoms with Gasteiger partial charge in [-0.3, -0.25) is 14.4 Å². The number of hydrogen-bond donors (Lipinski definition) is 1. The van der Waals surface area contributed by atoms with Gasteiger partial charge in [0.15, 0.2) is 5.54 Å². The zero-order valence-corrected chi connectivity index (χ0v) is 20.5. The van der Waals surface area contributed by atoms with E-state index in [1.807, 2.05) is 6.92 Å². The molecule has 0 saturated carbocycles. The number of nitrogens with zero attached hydrogens (tertiary/aromatic N) is 2. The van der Waals surface area contributed by atoms with Crippen LogP contribution in [0.4, 0.5) is 5.69 Å². The summed E-state index contributed by atoms with van der Waals surface area (Å²) in [5, 5.41) is 11.5. The van der Waals surface area contributed by atoms with E-state index in [-0.39, 0.29) is 18.7 Å². The van der Waals surface area contributed by atoms with Crippen molar-refractivity contribution in [3.05, 3.63) is 77.9 Å². The zero-order valence-electron chi connectivity index (χ0n) is 20.5. The van der Waals surface area contributed by atoms with Gasteiger partial charge in [0.2, 0.25) is 0 Å². The third-order valence-corrected chi connectivity index (χ3v) is 6.45. The molecule has 0 aromatic heterocycles. The minimum atomic E-state index is -1.79. The number of benzene rings is 2. The van der Waals surface area contributed by atoms with Crippen LogP contribution in [0.1, 0.15) is 30.9 Å². The molecule has 0 radical (unpaired) electrons. The highest BCUT2D eigenvalue weighted by molar-refractivity contribution is 6.50. The second-order valence-electron chi connectivity index (χ2n) is 8.66. The molecule has 0 unspecified atom stereocenters. The van der Waals surface area contributed by atoms with E-state index in [9.17, 15) is 19.5 Å². The Morgan fingerprint density at radius 1 is 1.08 bits per heavy atom. The van der Waals surface area contributed by atoms with Crippen molar-refractivity contribution in [1.82, 2.24) is 4.90 Å². The molecule has 2 aromatic carbocycles. The van der Waals surface area contributed by atoms with Gasteiger partial charge in [-0.25, -0.2) is 0 Å². The summed E-state index contributed by atoms with van der Waals surface area (Å²) < 4.78 is 10.8. The zero-order chi connectivity index (χ0) is 25.9. The normalized spacial score (nSPS) is 20.3. The lowest BCUT2D eigenvalue weighted by Crippen LogP contribution is -2.52. The van der Waals surface area contributed by atoms with Crippen LogP contribution in [0, 0.1) is 0 Å². The van der Waals surface area contributed by atoms with Crippen LogP contribution in [0.15, 0.2) is 66.8 Å². The summed E-state index contributed by atoms with van der Waals surface area (Å²) in [7, 11) is 1.54. The van der Waals surface area contributed by atoms with Gasteiger partial charge >= 0.3 is 0 Å². The number of aliphatic hydroxyl groups excluding tert-OH is 1. The first-order valence-corrected chi connectivity index (χ1v) is 12.0. The molecule has 1 saturated heterocycles. The molecule has 8 heteroatoms. The van der Waals surface area contributed by atoms with Crippen LogP contribution < -0.4 is 9.64 Å². The van der Waals surface area contributed by atoms with Gasteiger partial charge < -0.3 is 24.4 Å². The van der Waals surface area contributed by atoms with Crippen molar-refractivity contribution in [3.8, 4) is 5.75 Å². The van der Waals surface area contributed by atoms with Gasteiger partial charge in [0.1, 0.15) is 11.5 Å². The summed E-state index contributed by atoms with van der Waals surface area (Å²) in [6, 6.07) is 13.6. The number of ketones is 1. The molecule has 2 aromatic rings. The van der Waals surface area contributed by atoms with Crippen molar-refractivity contribution >= 4 is 29.0 Å². The van der Waals surface area contributed by atoms with Gasteiger partial charge in [-0.2, -0.15) is 0 Å². The fourth-order valence-electron chi connectivity index (χ4n) is 4.92. The van der Waals surface area contributed by atoms with E-state index in [0.717, 1.165) is 6.42 Å². The minimum absolute atomic E-state index is 0.0982. The summed E-state index contributed by atoms with van der Waals surface area (Å²) in [5.41, 5.74) is -0.687. The van der Waals surface area contributed by atoms with Crippen LogP contribution >= 0.6 is 0 Å². The molecule has 0 aliphatic carbocycles. The topological polar surface area (TPSA) is 96.4 Å². The number of rotatable bonds is 10. The van der Waals surface area contributed by atoms with Crippen molar-refractivity contribution in [2.45, 2.75) is 25.3 Å². The quantitative estimate of drug-likeness (QED) is 0.180. The lowest BCUT2D eigenvalue weighted by Gasteiger charge is -2.34. The lowest BCUT2D eigenvalue weighted by atomic mass is 9.82. The minimum Gasteiger partial charge on any atom is -0.507 e. The number of carbonyl (C=O) groups is 3. The number of para-hydroxylation sites is 1. The molecule has 188 valence electrons. The number of Topliss-reactive ketones (excluding diaryl/α,β-unsaturated/α-hetero) is 1. The summed E-state index contributed by atoms with van der Waals surface area (Å²) >= 11 is 0. The number of fused-ring (bicyclic) bond motifs is 2. The van der Waals surface area contributed by atoms with E-state index in [4.69, 9.17) is 9.47 Å². The number of anilines is 1. The standard InChI is InChI=1S/C28H30N2O6/c1-4-15-29-22-10-7-6-9-21(22)28(27(29)34)23(25(32)26(33)30(28)16-8-18-35-3)24(31)19-11-13-20(14-12-19)36-17-5-2/h4,6-7,9-14,31H,1,5,8,15-18H2,2-3H3/t28-/m0/s1. The van der Waals surface area contributed by atoms with Crippen LogP contribution in [0.25, 0.3) is 5.76 Å². The molecule has 2 heterocycles. The average Bonchev–Trinajstić information content (AvgIpc) is 3.27. The fraction of sp³-hybridized carbons (Fsp3) is 0.321. The SMILES string of the molecule is C=CCN1C(=O)[C@@]2(C(=C(O)c3ccc(OCCC)cc3)C(=O)C(=O)N2CCCOC)c2ccccc21. The molecule has 4 rings (SSSR count). The molecule has 2 amide bonds. The third-order valence-electron chi connectivity index (χ3n) is 6.45. The summed E-state index contributed by atoms with van der Waals surface area (Å²) in [4.78, 5) is 43.8. The smallest absolute Gasteiger partial charge is 0.296 e. The number of ether oxygens (including phenoxy) is 2. The van der Waals surface area contributed by atoms with Crippen molar-refractivity contribution in [2.24, 2.45) is 0 Å². The van der Waals surface area contributed by atoms with E-state index in [1.54, 1.807) is 61.7 Å². The molecule has 0 bridgehead atoms. The Morgan fingerprint density at radius 2 is 1.81 bits per heavy atom. The molecular formula is C28H30N2O6. The molecular weight excluding hydrogens is 460 g/mol. The van der Waals surface area contributed by atoms with E-state index in [1.165, 1.54) is 9.80 Å². The molecule has 1 N–H and O–H groups in total.